The van der Waals surface area contributed by atoms with Gasteiger partial charge in [-0.15, -0.1) is 0 Å². The summed E-state index contributed by atoms with van der Waals surface area (Å²) in [6, 6.07) is 0. The van der Waals surface area contributed by atoms with Crippen molar-refractivity contribution in [3.8, 4) is 0 Å². The zero-order chi connectivity index (χ0) is 5.70. The van der Waals surface area contributed by atoms with Crippen molar-refractivity contribution < 1.29 is 0 Å². The molecule has 0 saturated carbocycles. The van der Waals surface area contributed by atoms with Crippen molar-refractivity contribution in [2.45, 2.75) is 0 Å². The highest BCUT2D eigenvalue weighted by molar-refractivity contribution is 4.91. The first-order valence-corrected chi connectivity index (χ1v) is 1.96. The molecule has 0 unspecified atom stereocenters. The highest BCUT2D eigenvalue weighted by atomic mass is 16.3. The van der Waals surface area contributed by atoms with Crippen molar-refractivity contribution in [1.82, 2.24) is 5.32 Å². The third-order valence-corrected chi connectivity index (χ3v) is 0.609. The molecule has 0 aromatic heterocycles. The van der Waals surface area contributed by atoms with E-state index in [0.717, 1.165) is 0 Å². The van der Waals surface area contributed by atoms with Gasteiger partial charge in [-0.2, -0.15) is 4.91 Å². The minimum Gasteiger partial charge on any atom is -0.390 e. The van der Waals surface area contributed by atoms with E-state index in [9.17, 15) is 4.91 Å². The summed E-state index contributed by atoms with van der Waals surface area (Å²) in [6.07, 6.45) is 0. The first-order chi connectivity index (χ1) is 3.31. The molecule has 0 aromatic rings. The third kappa shape index (κ3) is 2.96. The summed E-state index contributed by atoms with van der Waals surface area (Å²) in [5.74, 6) is 0. The van der Waals surface area contributed by atoms with Crippen molar-refractivity contribution in [3.63, 3.8) is 0 Å². The maximum atomic E-state index is 9.42. The van der Waals surface area contributed by atoms with Crippen molar-refractivity contribution in [2.24, 2.45) is 5.18 Å². The minimum atomic E-state index is 0.163. The fourth-order valence-corrected chi connectivity index (χ4v) is 0.157. The van der Waals surface area contributed by atoms with Crippen LogP contribution >= 0.6 is 0 Å². The summed E-state index contributed by atoms with van der Waals surface area (Å²) in [4.78, 5) is 9.42. The van der Waals surface area contributed by atoms with Gasteiger partial charge in [0, 0.05) is 12.7 Å². The van der Waals surface area contributed by atoms with E-state index in [0.29, 0.717) is 5.70 Å². The fraction of sp³-hybridized carbons (Fsp3) is 0.500. The summed E-state index contributed by atoms with van der Waals surface area (Å²) in [6.45, 7) is 3.62. The quantitative estimate of drug-likeness (QED) is 0.524. The molecule has 0 aliphatic carbocycles. The van der Waals surface area contributed by atoms with Crippen LogP contribution in [0.1, 0.15) is 0 Å². The van der Waals surface area contributed by atoms with Crippen molar-refractivity contribution in [1.29, 1.82) is 0 Å². The summed E-state index contributed by atoms with van der Waals surface area (Å²) in [5.41, 5.74) is 0.648. The second-order valence-corrected chi connectivity index (χ2v) is 1.14. The maximum Gasteiger partial charge on any atom is 0.120 e. The normalized spacial score (nSPS) is 7.57. The number of nitrogens with one attached hydrogen (secondary N) is 1. The number of hydrogen-bond donors (Lipinski definition) is 1. The van der Waals surface area contributed by atoms with Gasteiger partial charge in [0.25, 0.3) is 0 Å². The molecule has 0 fully saturated rings. The first kappa shape index (κ1) is 6.14. The van der Waals surface area contributed by atoms with Gasteiger partial charge >= 0.3 is 0 Å². The van der Waals surface area contributed by atoms with Crippen LogP contribution < -0.4 is 5.32 Å². The van der Waals surface area contributed by atoms with Crippen LogP contribution in [0, 0.1) is 4.91 Å². The number of nitrogens with zero attached hydrogens (tertiary/aromatic N) is 1. The fourth-order valence-electron chi connectivity index (χ4n) is 0.157. The predicted octanol–water partition coefficient (Wildman–Crippen LogP) is 0.486. The topological polar surface area (TPSA) is 41.5 Å². The molecule has 0 aliphatic rings. The average molecular weight is 100 g/mol. The molecule has 0 heterocycles. The number of rotatable bonds is 3. The van der Waals surface area contributed by atoms with Gasteiger partial charge in [0.05, 0.1) is 0 Å². The highest BCUT2D eigenvalue weighted by Gasteiger charge is 1.82. The van der Waals surface area contributed by atoms with Gasteiger partial charge in [-0.25, -0.2) is 0 Å². The molecule has 0 radical (unpaired) electrons. The molecule has 1 N–H and O–H groups in total. The smallest absolute Gasteiger partial charge is 0.120 e. The standard InChI is InChI=1S/C4H8N2O/c1-4(5-2)3-6-7/h5H,1,3H2,2H3. The molecule has 0 aromatic carbocycles. The van der Waals surface area contributed by atoms with E-state index in [2.05, 4.69) is 17.1 Å². The molecule has 0 bridgehead atoms. The Morgan fingerprint density at radius 3 is 2.71 bits per heavy atom. The van der Waals surface area contributed by atoms with Gasteiger partial charge < -0.3 is 5.32 Å². The van der Waals surface area contributed by atoms with Gasteiger partial charge in [0.1, 0.15) is 6.54 Å². The van der Waals surface area contributed by atoms with Gasteiger partial charge in [0.15, 0.2) is 0 Å². The lowest BCUT2D eigenvalue weighted by molar-refractivity contribution is 0.930. The van der Waals surface area contributed by atoms with Crippen LogP contribution in [0.25, 0.3) is 0 Å². The lowest BCUT2D eigenvalue weighted by Crippen LogP contribution is -2.05. The summed E-state index contributed by atoms with van der Waals surface area (Å²) in [7, 11) is 1.70. The Labute approximate surface area is 42.4 Å². The molecule has 0 amide bonds. The van der Waals surface area contributed by atoms with Crippen LogP contribution in [0.2, 0.25) is 0 Å². The largest absolute Gasteiger partial charge is 0.390 e. The first-order valence-electron chi connectivity index (χ1n) is 1.96. The van der Waals surface area contributed by atoms with E-state index in [-0.39, 0.29) is 6.54 Å². The molecular weight excluding hydrogens is 92.1 g/mol. The van der Waals surface area contributed by atoms with Crippen molar-refractivity contribution in [2.75, 3.05) is 13.6 Å². The lowest BCUT2D eigenvalue weighted by atomic mass is 10.5. The van der Waals surface area contributed by atoms with Gasteiger partial charge in [-0.3, -0.25) is 0 Å². The molecule has 0 spiro atoms. The Kier molecular flexibility index (Phi) is 2.92. The molecule has 0 saturated heterocycles. The van der Waals surface area contributed by atoms with Crippen LogP contribution in [0.5, 0.6) is 0 Å². The predicted molar refractivity (Wildman–Crippen MR) is 28.9 cm³/mol. The Hall–Kier alpha value is -0.860. The van der Waals surface area contributed by atoms with Gasteiger partial charge in [-0.05, 0) is 0 Å². The van der Waals surface area contributed by atoms with Crippen LogP contribution in [-0.2, 0) is 0 Å². The Balaban J connectivity index is 3.17. The molecule has 0 rings (SSSR count). The summed E-state index contributed by atoms with van der Waals surface area (Å²) >= 11 is 0. The van der Waals surface area contributed by atoms with Crippen LogP contribution in [0.3, 0.4) is 0 Å². The average Bonchev–Trinajstić information content (AvgIpc) is 1.68. The Morgan fingerprint density at radius 1 is 2.00 bits per heavy atom. The SMILES string of the molecule is C=C(CN=O)NC. The third-order valence-electron chi connectivity index (χ3n) is 0.609. The number of nitroso groups, excluding NO2 is 1. The molecule has 40 valence electrons. The van der Waals surface area contributed by atoms with Crippen molar-refractivity contribution in [3.05, 3.63) is 17.2 Å². The van der Waals surface area contributed by atoms with E-state index in [1.54, 1.807) is 7.05 Å². The second kappa shape index (κ2) is 3.33. The lowest BCUT2D eigenvalue weighted by Gasteiger charge is -1.93. The molecule has 7 heavy (non-hydrogen) atoms. The maximum absolute atomic E-state index is 9.42. The number of likely N-dealkylation sites (N-methyl/N-ethyl adjacent to an activating group) is 1. The Bertz CT molecular complexity index is 79.8. The Morgan fingerprint density at radius 2 is 2.57 bits per heavy atom. The van der Waals surface area contributed by atoms with Gasteiger partial charge in [0.2, 0.25) is 0 Å². The van der Waals surface area contributed by atoms with E-state index in [4.69, 9.17) is 0 Å². The molecule has 3 nitrogen and oxygen atoms in total. The zero-order valence-corrected chi connectivity index (χ0v) is 4.27. The van der Waals surface area contributed by atoms with E-state index in [1.807, 2.05) is 0 Å². The van der Waals surface area contributed by atoms with Crippen molar-refractivity contribution >= 4 is 0 Å². The summed E-state index contributed by atoms with van der Waals surface area (Å²) < 4.78 is 0. The van der Waals surface area contributed by atoms with E-state index >= 15 is 0 Å². The van der Waals surface area contributed by atoms with Crippen LogP contribution in [0.15, 0.2) is 17.5 Å². The second-order valence-electron chi connectivity index (χ2n) is 1.14. The molecule has 0 atom stereocenters. The van der Waals surface area contributed by atoms with E-state index < -0.39 is 0 Å². The highest BCUT2D eigenvalue weighted by Crippen LogP contribution is 1.79. The summed E-state index contributed by atoms with van der Waals surface area (Å²) in [5, 5.41) is 5.27. The number of hydrogen-bond acceptors (Lipinski definition) is 3. The van der Waals surface area contributed by atoms with Crippen LogP contribution in [0.4, 0.5) is 0 Å². The van der Waals surface area contributed by atoms with Crippen LogP contribution in [-0.4, -0.2) is 13.6 Å². The molecule has 3 heteroatoms. The monoisotopic (exact) mass is 100 g/mol. The van der Waals surface area contributed by atoms with Gasteiger partial charge in [-0.1, -0.05) is 11.8 Å². The molecule has 0 aliphatic heterocycles. The minimum absolute atomic E-state index is 0.163. The van der Waals surface area contributed by atoms with E-state index in [1.165, 1.54) is 0 Å². The molecular formula is C4H8N2O. The zero-order valence-electron chi connectivity index (χ0n) is 4.27.